The van der Waals surface area contributed by atoms with Crippen molar-refractivity contribution in [3.63, 3.8) is 0 Å². The minimum Gasteiger partial charge on any atom is -0.507 e. The highest BCUT2D eigenvalue weighted by atomic mass is 35.5. The Hall–Kier alpha value is -2.20. The van der Waals surface area contributed by atoms with E-state index in [2.05, 4.69) is 5.32 Å². The van der Waals surface area contributed by atoms with E-state index >= 15 is 0 Å². The Morgan fingerprint density at radius 2 is 1.84 bits per heavy atom. The number of hydrogen-bond donors (Lipinski definition) is 3. The third-order valence-corrected chi connectivity index (χ3v) is 2.91. The maximum Gasteiger partial charge on any atom is 0.259 e. The van der Waals surface area contributed by atoms with E-state index < -0.39 is 5.91 Å². The Labute approximate surface area is 115 Å². The molecule has 2 rings (SSSR count). The van der Waals surface area contributed by atoms with Gasteiger partial charge in [0.1, 0.15) is 11.5 Å². The number of hydrogen-bond acceptors (Lipinski definition) is 3. The van der Waals surface area contributed by atoms with Gasteiger partial charge in [0.25, 0.3) is 5.91 Å². The summed E-state index contributed by atoms with van der Waals surface area (Å²) in [7, 11) is 0. The van der Waals surface area contributed by atoms with Gasteiger partial charge in [0, 0.05) is 5.69 Å². The molecule has 2 aromatic rings. The Morgan fingerprint density at radius 1 is 1.11 bits per heavy atom. The first-order chi connectivity index (χ1) is 8.97. The average Bonchev–Trinajstić information content (AvgIpc) is 2.33. The monoisotopic (exact) mass is 277 g/mol. The predicted molar refractivity (Wildman–Crippen MR) is 73.9 cm³/mol. The number of halogens is 1. The zero-order valence-electron chi connectivity index (χ0n) is 10.1. The number of anilines is 1. The lowest BCUT2D eigenvalue weighted by molar-refractivity contribution is 0.102. The van der Waals surface area contributed by atoms with E-state index in [0.29, 0.717) is 5.69 Å². The molecular weight excluding hydrogens is 266 g/mol. The van der Waals surface area contributed by atoms with Gasteiger partial charge in [0.15, 0.2) is 0 Å². The van der Waals surface area contributed by atoms with Crippen molar-refractivity contribution < 1.29 is 15.0 Å². The fourth-order valence-electron chi connectivity index (χ4n) is 1.62. The Kier molecular flexibility index (Phi) is 3.62. The van der Waals surface area contributed by atoms with Crippen molar-refractivity contribution in [2.24, 2.45) is 0 Å². The molecule has 0 spiro atoms. The number of rotatable bonds is 2. The largest absolute Gasteiger partial charge is 0.507 e. The van der Waals surface area contributed by atoms with E-state index in [1.54, 1.807) is 12.1 Å². The zero-order valence-corrected chi connectivity index (χ0v) is 10.9. The number of phenols is 2. The van der Waals surface area contributed by atoms with Gasteiger partial charge < -0.3 is 15.5 Å². The molecule has 0 bridgehead atoms. The molecule has 1 amide bonds. The lowest BCUT2D eigenvalue weighted by Crippen LogP contribution is -2.12. The van der Waals surface area contributed by atoms with E-state index in [0.717, 1.165) is 5.56 Å². The number of aryl methyl sites for hydroxylation is 1. The van der Waals surface area contributed by atoms with E-state index in [-0.39, 0.29) is 22.1 Å². The molecule has 3 N–H and O–H groups in total. The Balaban J connectivity index is 2.23. The van der Waals surface area contributed by atoms with Crippen LogP contribution in [0.1, 0.15) is 15.9 Å². The molecule has 4 nitrogen and oxygen atoms in total. The van der Waals surface area contributed by atoms with Crippen molar-refractivity contribution in [3.05, 3.63) is 52.5 Å². The molecule has 0 radical (unpaired) electrons. The van der Waals surface area contributed by atoms with E-state index in [1.165, 1.54) is 24.3 Å². The Morgan fingerprint density at radius 3 is 2.47 bits per heavy atom. The van der Waals surface area contributed by atoms with E-state index in [9.17, 15) is 15.0 Å². The van der Waals surface area contributed by atoms with Crippen LogP contribution in [-0.4, -0.2) is 16.1 Å². The van der Waals surface area contributed by atoms with Crippen LogP contribution in [0.25, 0.3) is 0 Å². The summed E-state index contributed by atoms with van der Waals surface area (Å²) in [4.78, 5) is 12.0. The van der Waals surface area contributed by atoms with Gasteiger partial charge in [-0.3, -0.25) is 4.79 Å². The van der Waals surface area contributed by atoms with Crippen molar-refractivity contribution in [3.8, 4) is 11.5 Å². The fourth-order valence-corrected chi connectivity index (χ4v) is 1.80. The number of aromatic hydroxyl groups is 2. The molecule has 0 aliphatic heterocycles. The number of nitrogens with one attached hydrogen (secondary N) is 1. The highest BCUT2D eigenvalue weighted by Gasteiger charge is 2.11. The molecular formula is C14H12ClNO3. The minimum absolute atomic E-state index is 0.0575. The van der Waals surface area contributed by atoms with E-state index in [4.69, 9.17) is 11.6 Å². The summed E-state index contributed by atoms with van der Waals surface area (Å²) in [6.07, 6.45) is 0. The molecule has 0 saturated heterocycles. The molecule has 0 fully saturated rings. The van der Waals surface area contributed by atoms with Crippen molar-refractivity contribution in [2.75, 3.05) is 5.32 Å². The number of benzene rings is 2. The number of carbonyl (C=O) groups is 1. The summed E-state index contributed by atoms with van der Waals surface area (Å²) >= 11 is 5.74. The molecule has 0 atom stereocenters. The van der Waals surface area contributed by atoms with Crippen LogP contribution in [-0.2, 0) is 0 Å². The van der Waals surface area contributed by atoms with Gasteiger partial charge in [-0.15, -0.1) is 0 Å². The van der Waals surface area contributed by atoms with Gasteiger partial charge in [-0.1, -0.05) is 17.7 Å². The third-order valence-electron chi connectivity index (χ3n) is 2.60. The minimum atomic E-state index is -0.445. The van der Waals surface area contributed by atoms with Crippen LogP contribution in [0.5, 0.6) is 11.5 Å². The van der Waals surface area contributed by atoms with Crippen molar-refractivity contribution in [1.29, 1.82) is 0 Å². The first-order valence-electron chi connectivity index (χ1n) is 5.57. The summed E-state index contributed by atoms with van der Waals surface area (Å²) in [6, 6.07) is 9.12. The molecule has 0 heterocycles. The molecule has 0 aromatic heterocycles. The smallest absolute Gasteiger partial charge is 0.259 e. The normalized spacial score (nSPS) is 10.2. The van der Waals surface area contributed by atoms with Crippen molar-refractivity contribution >= 4 is 23.2 Å². The number of amides is 1. The van der Waals surface area contributed by atoms with Crippen LogP contribution in [0.2, 0.25) is 5.02 Å². The third kappa shape index (κ3) is 2.98. The van der Waals surface area contributed by atoms with Crippen LogP contribution in [0, 0.1) is 6.92 Å². The summed E-state index contributed by atoms with van der Waals surface area (Å²) < 4.78 is 0. The maximum absolute atomic E-state index is 12.0. The zero-order chi connectivity index (χ0) is 14.0. The SMILES string of the molecule is Cc1ccc(C(=O)Nc2ccc(O)c(Cl)c2)c(O)c1. The highest BCUT2D eigenvalue weighted by Crippen LogP contribution is 2.27. The van der Waals surface area contributed by atoms with E-state index in [1.807, 2.05) is 6.92 Å². The highest BCUT2D eigenvalue weighted by molar-refractivity contribution is 6.32. The summed E-state index contributed by atoms with van der Waals surface area (Å²) in [5.74, 6) is -0.584. The van der Waals surface area contributed by atoms with Crippen LogP contribution < -0.4 is 5.32 Å². The predicted octanol–water partition coefficient (Wildman–Crippen LogP) is 3.31. The topological polar surface area (TPSA) is 69.6 Å². The number of phenolic OH excluding ortho intramolecular Hbond substituents is 2. The summed E-state index contributed by atoms with van der Waals surface area (Å²) in [6.45, 7) is 1.82. The molecule has 98 valence electrons. The van der Waals surface area contributed by atoms with Crippen LogP contribution in [0.15, 0.2) is 36.4 Å². The molecule has 0 unspecified atom stereocenters. The lowest BCUT2D eigenvalue weighted by atomic mass is 10.1. The first kappa shape index (κ1) is 13.2. The Bertz CT molecular complexity index is 641. The molecule has 0 saturated carbocycles. The van der Waals surface area contributed by atoms with Crippen LogP contribution in [0.3, 0.4) is 0 Å². The van der Waals surface area contributed by atoms with Gasteiger partial charge in [0.2, 0.25) is 0 Å². The second-order valence-electron chi connectivity index (χ2n) is 4.14. The standard InChI is InChI=1S/C14H12ClNO3/c1-8-2-4-10(13(18)6-8)14(19)16-9-3-5-12(17)11(15)7-9/h2-7,17-18H,1H3,(H,16,19). The quantitative estimate of drug-likeness (QED) is 0.738. The van der Waals surface area contributed by atoms with Gasteiger partial charge in [-0.05, 0) is 42.8 Å². The molecule has 5 heteroatoms. The van der Waals surface area contributed by atoms with Crippen LogP contribution >= 0.6 is 11.6 Å². The van der Waals surface area contributed by atoms with Gasteiger partial charge in [0.05, 0.1) is 10.6 Å². The summed E-state index contributed by atoms with van der Waals surface area (Å²) in [5.41, 5.74) is 1.48. The van der Waals surface area contributed by atoms with Crippen molar-refractivity contribution in [1.82, 2.24) is 0 Å². The molecule has 0 aliphatic carbocycles. The van der Waals surface area contributed by atoms with Crippen molar-refractivity contribution in [2.45, 2.75) is 6.92 Å². The van der Waals surface area contributed by atoms with Gasteiger partial charge in [-0.2, -0.15) is 0 Å². The number of carbonyl (C=O) groups excluding carboxylic acids is 1. The van der Waals surface area contributed by atoms with Crippen LogP contribution in [0.4, 0.5) is 5.69 Å². The fraction of sp³-hybridized carbons (Fsp3) is 0.0714. The van der Waals surface area contributed by atoms with Gasteiger partial charge >= 0.3 is 0 Å². The lowest BCUT2D eigenvalue weighted by Gasteiger charge is -2.08. The second kappa shape index (κ2) is 5.20. The average molecular weight is 278 g/mol. The molecule has 0 aliphatic rings. The maximum atomic E-state index is 12.0. The van der Waals surface area contributed by atoms with Gasteiger partial charge in [-0.25, -0.2) is 0 Å². The molecule has 19 heavy (non-hydrogen) atoms. The first-order valence-corrected chi connectivity index (χ1v) is 5.94. The summed E-state index contributed by atoms with van der Waals surface area (Å²) in [5, 5.41) is 21.7. The second-order valence-corrected chi connectivity index (χ2v) is 4.55. The molecule has 2 aromatic carbocycles.